The maximum absolute atomic E-state index is 3.84. The molecule has 0 heterocycles. The Hall–Kier alpha value is -1.04. The second-order valence-corrected chi connectivity index (χ2v) is 4.77. The van der Waals surface area contributed by atoms with Crippen LogP contribution in [0.3, 0.4) is 0 Å². The van der Waals surface area contributed by atoms with Gasteiger partial charge in [0.15, 0.2) is 0 Å². The van der Waals surface area contributed by atoms with E-state index in [-0.39, 0.29) is 0 Å². The number of aryl methyl sites for hydroxylation is 1. The molecule has 80 valence electrons. The Morgan fingerprint density at radius 2 is 2.13 bits per heavy atom. The summed E-state index contributed by atoms with van der Waals surface area (Å²) in [4.78, 5) is 0. The summed E-state index contributed by atoms with van der Waals surface area (Å²) < 4.78 is 0. The summed E-state index contributed by atoms with van der Waals surface area (Å²) >= 11 is 0. The molecule has 2 rings (SSSR count). The van der Waals surface area contributed by atoms with E-state index in [1.54, 1.807) is 11.1 Å². The third kappa shape index (κ3) is 2.31. The molecular weight excluding hydrogens is 180 g/mol. The molecular formula is C15H20. The van der Waals surface area contributed by atoms with Gasteiger partial charge in [-0.05, 0) is 48.6 Å². The zero-order chi connectivity index (χ0) is 10.7. The maximum atomic E-state index is 3.84. The first-order valence-corrected chi connectivity index (χ1v) is 5.99. The lowest BCUT2D eigenvalue weighted by Gasteiger charge is -2.28. The average molecular weight is 200 g/mol. The molecule has 0 saturated heterocycles. The summed E-state index contributed by atoms with van der Waals surface area (Å²) in [5, 5.41) is 0. The molecule has 0 aliphatic heterocycles. The highest BCUT2D eigenvalue weighted by Gasteiger charge is 2.22. The lowest BCUT2D eigenvalue weighted by molar-refractivity contribution is 0.323. The molecule has 15 heavy (non-hydrogen) atoms. The van der Waals surface area contributed by atoms with E-state index in [9.17, 15) is 0 Å². The van der Waals surface area contributed by atoms with Crippen molar-refractivity contribution >= 4 is 0 Å². The molecule has 0 fully saturated rings. The van der Waals surface area contributed by atoms with Crippen LogP contribution in [0, 0.1) is 11.8 Å². The minimum Gasteiger partial charge on any atom is -0.103 e. The van der Waals surface area contributed by atoms with Crippen molar-refractivity contribution in [3.63, 3.8) is 0 Å². The van der Waals surface area contributed by atoms with Gasteiger partial charge in [0.25, 0.3) is 0 Å². The van der Waals surface area contributed by atoms with Gasteiger partial charge in [0, 0.05) is 0 Å². The summed E-state index contributed by atoms with van der Waals surface area (Å²) in [5.41, 5.74) is 3.14. The molecule has 0 nitrogen and oxygen atoms in total. The number of allylic oxidation sites excluding steroid dienone is 1. The number of hydrogen-bond acceptors (Lipinski definition) is 0. The van der Waals surface area contributed by atoms with Crippen LogP contribution in [0.1, 0.15) is 30.9 Å². The lowest BCUT2D eigenvalue weighted by Crippen LogP contribution is -2.20. The predicted molar refractivity (Wildman–Crippen MR) is 65.9 cm³/mol. The molecule has 0 saturated carbocycles. The highest BCUT2D eigenvalue weighted by molar-refractivity contribution is 5.29. The zero-order valence-electron chi connectivity index (χ0n) is 9.58. The molecule has 0 heteroatoms. The summed E-state index contributed by atoms with van der Waals surface area (Å²) in [7, 11) is 0. The first kappa shape index (κ1) is 10.5. The van der Waals surface area contributed by atoms with Gasteiger partial charge in [-0.25, -0.2) is 0 Å². The fourth-order valence-electron chi connectivity index (χ4n) is 2.67. The SMILES string of the molecule is C=CCC(C)C1CCc2ccccc2C1. The predicted octanol–water partition coefficient (Wildman–Crippen LogP) is 4.00. The molecule has 1 aromatic rings. The molecule has 0 N–H and O–H groups in total. The van der Waals surface area contributed by atoms with Gasteiger partial charge in [0.1, 0.15) is 0 Å². The van der Waals surface area contributed by atoms with Crippen molar-refractivity contribution in [1.82, 2.24) is 0 Å². The minimum atomic E-state index is 0.788. The summed E-state index contributed by atoms with van der Waals surface area (Å²) in [6.07, 6.45) is 7.11. The summed E-state index contributed by atoms with van der Waals surface area (Å²) in [6.45, 7) is 6.20. The van der Waals surface area contributed by atoms with E-state index in [0.717, 1.165) is 18.3 Å². The van der Waals surface area contributed by atoms with Crippen LogP contribution in [0.4, 0.5) is 0 Å². The van der Waals surface area contributed by atoms with E-state index in [0.29, 0.717) is 0 Å². The molecule has 0 bridgehead atoms. The molecule has 2 unspecified atom stereocenters. The van der Waals surface area contributed by atoms with Crippen molar-refractivity contribution in [2.75, 3.05) is 0 Å². The zero-order valence-corrected chi connectivity index (χ0v) is 9.58. The highest BCUT2D eigenvalue weighted by atomic mass is 14.3. The van der Waals surface area contributed by atoms with Crippen LogP contribution >= 0.6 is 0 Å². The van der Waals surface area contributed by atoms with Crippen molar-refractivity contribution in [2.24, 2.45) is 11.8 Å². The molecule has 0 radical (unpaired) electrons. The monoisotopic (exact) mass is 200 g/mol. The Morgan fingerprint density at radius 3 is 2.87 bits per heavy atom. The Labute approximate surface area is 93.0 Å². The second-order valence-electron chi connectivity index (χ2n) is 4.77. The van der Waals surface area contributed by atoms with Crippen LogP contribution in [0.15, 0.2) is 36.9 Å². The smallest absolute Gasteiger partial charge is 0.0245 e. The number of rotatable bonds is 3. The van der Waals surface area contributed by atoms with E-state index in [2.05, 4.69) is 43.8 Å². The largest absolute Gasteiger partial charge is 0.103 e. The third-order valence-electron chi connectivity index (χ3n) is 3.73. The van der Waals surface area contributed by atoms with Gasteiger partial charge >= 0.3 is 0 Å². The van der Waals surface area contributed by atoms with Gasteiger partial charge in [-0.15, -0.1) is 6.58 Å². The molecule has 0 aromatic heterocycles. The fourth-order valence-corrected chi connectivity index (χ4v) is 2.67. The van der Waals surface area contributed by atoms with E-state index in [1.165, 1.54) is 19.3 Å². The van der Waals surface area contributed by atoms with Crippen LogP contribution < -0.4 is 0 Å². The van der Waals surface area contributed by atoms with Crippen molar-refractivity contribution < 1.29 is 0 Å². The molecule has 1 aliphatic rings. The van der Waals surface area contributed by atoms with Crippen molar-refractivity contribution in [3.8, 4) is 0 Å². The molecule has 2 atom stereocenters. The Bertz CT molecular complexity index is 338. The van der Waals surface area contributed by atoms with Gasteiger partial charge in [-0.2, -0.15) is 0 Å². The molecule has 1 aromatic carbocycles. The van der Waals surface area contributed by atoms with Crippen molar-refractivity contribution in [3.05, 3.63) is 48.0 Å². The minimum absolute atomic E-state index is 0.788. The molecule has 1 aliphatic carbocycles. The van der Waals surface area contributed by atoms with Crippen LogP contribution in [-0.2, 0) is 12.8 Å². The number of benzene rings is 1. The van der Waals surface area contributed by atoms with Crippen LogP contribution in [0.25, 0.3) is 0 Å². The standard InChI is InChI=1S/C15H20/c1-3-6-12(2)14-10-9-13-7-4-5-8-15(13)11-14/h3-5,7-8,12,14H,1,6,9-11H2,2H3. The Morgan fingerprint density at radius 1 is 1.40 bits per heavy atom. The van der Waals surface area contributed by atoms with Crippen molar-refractivity contribution in [1.29, 1.82) is 0 Å². The van der Waals surface area contributed by atoms with E-state index in [1.807, 2.05) is 0 Å². The maximum Gasteiger partial charge on any atom is -0.0245 e. The molecule has 0 amide bonds. The highest BCUT2D eigenvalue weighted by Crippen LogP contribution is 2.31. The third-order valence-corrected chi connectivity index (χ3v) is 3.73. The Balaban J connectivity index is 2.08. The quantitative estimate of drug-likeness (QED) is 0.647. The first-order valence-electron chi connectivity index (χ1n) is 5.99. The first-order chi connectivity index (χ1) is 7.31. The van der Waals surface area contributed by atoms with Gasteiger partial charge in [-0.3, -0.25) is 0 Å². The topological polar surface area (TPSA) is 0 Å². The van der Waals surface area contributed by atoms with Gasteiger partial charge < -0.3 is 0 Å². The number of hydrogen-bond donors (Lipinski definition) is 0. The van der Waals surface area contributed by atoms with E-state index in [4.69, 9.17) is 0 Å². The second kappa shape index (κ2) is 4.65. The van der Waals surface area contributed by atoms with Gasteiger partial charge in [-0.1, -0.05) is 37.3 Å². The van der Waals surface area contributed by atoms with Gasteiger partial charge in [0.05, 0.1) is 0 Å². The molecule has 0 spiro atoms. The van der Waals surface area contributed by atoms with Crippen LogP contribution in [0.2, 0.25) is 0 Å². The fraction of sp³-hybridized carbons (Fsp3) is 0.467. The van der Waals surface area contributed by atoms with Crippen molar-refractivity contribution in [2.45, 2.75) is 32.6 Å². The summed E-state index contributed by atoms with van der Waals surface area (Å²) in [6, 6.07) is 8.90. The number of fused-ring (bicyclic) bond motifs is 1. The van der Waals surface area contributed by atoms with E-state index < -0.39 is 0 Å². The van der Waals surface area contributed by atoms with E-state index >= 15 is 0 Å². The van der Waals surface area contributed by atoms with Crippen LogP contribution in [-0.4, -0.2) is 0 Å². The lowest BCUT2D eigenvalue weighted by atomic mass is 9.77. The van der Waals surface area contributed by atoms with Gasteiger partial charge in [0.2, 0.25) is 0 Å². The summed E-state index contributed by atoms with van der Waals surface area (Å²) in [5.74, 6) is 1.65. The average Bonchev–Trinajstić information content (AvgIpc) is 2.29. The van der Waals surface area contributed by atoms with Crippen LogP contribution in [0.5, 0.6) is 0 Å². The normalized spacial score (nSPS) is 21.8. The Kier molecular flexibility index (Phi) is 3.25.